The van der Waals surface area contributed by atoms with E-state index in [4.69, 9.17) is 23.2 Å². The molecule has 0 saturated heterocycles. The van der Waals surface area contributed by atoms with Crippen LogP contribution >= 0.6 is 23.2 Å². The zero-order valence-electron chi connectivity index (χ0n) is 16.1. The van der Waals surface area contributed by atoms with Gasteiger partial charge in [0, 0.05) is 10.6 Å². The zero-order valence-corrected chi connectivity index (χ0v) is 17.6. The molecule has 8 heteroatoms. The lowest BCUT2D eigenvalue weighted by Gasteiger charge is -2.04. The summed E-state index contributed by atoms with van der Waals surface area (Å²) in [5.74, 6) is 0.135. The average Bonchev–Trinajstić information content (AvgIpc) is 3.00. The molecular formula is C22H15Cl2N5O. The van der Waals surface area contributed by atoms with Crippen molar-refractivity contribution < 1.29 is 0 Å². The van der Waals surface area contributed by atoms with Gasteiger partial charge in [0.05, 0.1) is 27.9 Å². The lowest BCUT2D eigenvalue weighted by molar-refractivity contribution is 0.863. The highest BCUT2D eigenvalue weighted by atomic mass is 35.5. The quantitative estimate of drug-likeness (QED) is 0.453. The Morgan fingerprint density at radius 2 is 1.90 bits per heavy atom. The van der Waals surface area contributed by atoms with Crippen molar-refractivity contribution in [3.05, 3.63) is 85.6 Å². The van der Waals surface area contributed by atoms with Gasteiger partial charge in [-0.15, -0.1) is 0 Å². The first-order valence-corrected chi connectivity index (χ1v) is 9.77. The number of nitrogens with zero attached hydrogens (tertiary/aromatic N) is 4. The van der Waals surface area contributed by atoms with Crippen LogP contribution in [0.2, 0.25) is 10.2 Å². The van der Waals surface area contributed by atoms with E-state index in [0.29, 0.717) is 32.3 Å². The van der Waals surface area contributed by atoms with E-state index in [1.165, 1.54) is 0 Å². The summed E-state index contributed by atoms with van der Waals surface area (Å²) < 4.78 is 1.60. The maximum atomic E-state index is 12.4. The number of allylic oxidation sites excluding steroid dienone is 1. The third kappa shape index (κ3) is 3.61. The van der Waals surface area contributed by atoms with E-state index in [9.17, 15) is 10.1 Å². The summed E-state index contributed by atoms with van der Waals surface area (Å²) in [6.45, 7) is 3.80. The fourth-order valence-corrected chi connectivity index (χ4v) is 3.56. The number of halogens is 2. The molecule has 0 fully saturated rings. The Hall–Kier alpha value is -3.40. The topological polar surface area (TPSA) is 87.4 Å². The minimum absolute atomic E-state index is 0.135. The monoisotopic (exact) mass is 435 g/mol. The number of aromatic nitrogens is 4. The van der Waals surface area contributed by atoms with Crippen LogP contribution in [-0.4, -0.2) is 19.7 Å². The van der Waals surface area contributed by atoms with Crippen molar-refractivity contribution in [2.45, 2.75) is 13.8 Å². The number of nitriles is 1. The zero-order chi connectivity index (χ0) is 21.4. The molecule has 30 heavy (non-hydrogen) atoms. The van der Waals surface area contributed by atoms with Gasteiger partial charge < -0.3 is 4.98 Å². The number of rotatable bonds is 3. The van der Waals surface area contributed by atoms with E-state index in [0.717, 1.165) is 11.3 Å². The Balaban J connectivity index is 1.84. The van der Waals surface area contributed by atoms with Crippen molar-refractivity contribution in [2.75, 3.05) is 0 Å². The molecule has 148 valence electrons. The number of H-pyrrole nitrogens is 1. The summed E-state index contributed by atoms with van der Waals surface area (Å²) in [5.41, 5.74) is 3.34. The Labute approximate surface area is 182 Å². The van der Waals surface area contributed by atoms with Gasteiger partial charge in [-0.2, -0.15) is 10.4 Å². The second-order valence-electron chi connectivity index (χ2n) is 6.78. The van der Waals surface area contributed by atoms with Gasteiger partial charge >= 0.3 is 0 Å². The molecular weight excluding hydrogens is 421 g/mol. The van der Waals surface area contributed by atoms with E-state index < -0.39 is 0 Å². The molecule has 0 aliphatic carbocycles. The molecule has 2 aromatic carbocycles. The van der Waals surface area contributed by atoms with Gasteiger partial charge in [-0.1, -0.05) is 40.9 Å². The maximum Gasteiger partial charge on any atom is 0.259 e. The third-order valence-electron chi connectivity index (χ3n) is 4.66. The number of hydrogen-bond donors (Lipinski definition) is 1. The third-order valence-corrected chi connectivity index (χ3v) is 5.26. The molecule has 2 heterocycles. The summed E-state index contributed by atoms with van der Waals surface area (Å²) in [6.07, 6.45) is 1.57. The Kier molecular flexibility index (Phi) is 5.17. The van der Waals surface area contributed by atoms with Gasteiger partial charge in [0.1, 0.15) is 11.2 Å². The van der Waals surface area contributed by atoms with Crippen LogP contribution in [0.3, 0.4) is 0 Å². The Bertz CT molecular complexity index is 1410. The molecule has 0 unspecified atom stereocenters. The maximum absolute atomic E-state index is 12.4. The van der Waals surface area contributed by atoms with E-state index >= 15 is 0 Å². The second kappa shape index (κ2) is 7.79. The van der Waals surface area contributed by atoms with E-state index in [-0.39, 0.29) is 17.0 Å². The van der Waals surface area contributed by atoms with Gasteiger partial charge in [0.15, 0.2) is 5.82 Å². The highest BCUT2D eigenvalue weighted by Gasteiger charge is 2.16. The largest absolute Gasteiger partial charge is 0.305 e. The van der Waals surface area contributed by atoms with Gasteiger partial charge in [-0.3, -0.25) is 4.79 Å². The first-order chi connectivity index (χ1) is 14.4. The second-order valence-corrected chi connectivity index (χ2v) is 7.58. The van der Waals surface area contributed by atoms with Crippen LogP contribution in [0.4, 0.5) is 0 Å². The molecule has 0 amide bonds. The molecule has 4 rings (SSSR count). The molecule has 0 radical (unpaired) electrons. The van der Waals surface area contributed by atoms with Crippen LogP contribution in [0.1, 0.15) is 22.6 Å². The number of fused-ring (bicyclic) bond motifs is 1. The smallest absolute Gasteiger partial charge is 0.259 e. The Morgan fingerprint density at radius 1 is 1.17 bits per heavy atom. The lowest BCUT2D eigenvalue weighted by Crippen LogP contribution is -2.11. The van der Waals surface area contributed by atoms with E-state index in [1.807, 2.05) is 31.2 Å². The SMILES string of the molecule is Cc1ccc(-n2nc(C)c(C=C(C#N)c3nc4cc(Cl)ccc4c(=O)[nH]3)c2Cl)cc1. The first-order valence-electron chi connectivity index (χ1n) is 9.01. The molecule has 0 bridgehead atoms. The lowest BCUT2D eigenvalue weighted by atomic mass is 10.1. The van der Waals surface area contributed by atoms with Crippen LogP contribution in [-0.2, 0) is 0 Å². The molecule has 4 aromatic rings. The summed E-state index contributed by atoms with van der Waals surface area (Å²) in [5, 5.41) is 15.4. The standard InChI is InChI=1S/C22H15Cl2N5O/c1-12-3-6-16(7-4-12)29-20(24)18(13(2)28-29)9-14(11-25)21-26-19-10-15(23)5-8-17(19)22(30)27-21/h3-10H,1-2H3,(H,26,27,30). The van der Waals surface area contributed by atoms with Crippen molar-refractivity contribution in [1.82, 2.24) is 19.7 Å². The normalized spacial score (nSPS) is 11.6. The van der Waals surface area contributed by atoms with Crippen molar-refractivity contribution in [3.8, 4) is 11.8 Å². The van der Waals surface area contributed by atoms with Gasteiger partial charge in [-0.25, -0.2) is 9.67 Å². The molecule has 6 nitrogen and oxygen atoms in total. The summed E-state index contributed by atoms with van der Waals surface area (Å²) in [6, 6.07) is 14.6. The molecule has 0 aliphatic rings. The van der Waals surface area contributed by atoms with Crippen molar-refractivity contribution in [2.24, 2.45) is 0 Å². The molecule has 1 N–H and O–H groups in total. The fourth-order valence-electron chi connectivity index (χ4n) is 3.07. The minimum atomic E-state index is -0.356. The first kappa shape index (κ1) is 19.9. The van der Waals surface area contributed by atoms with Crippen molar-refractivity contribution in [3.63, 3.8) is 0 Å². The number of aryl methyl sites for hydroxylation is 2. The molecule has 0 spiro atoms. The predicted octanol–water partition coefficient (Wildman–Crippen LogP) is 5.10. The Morgan fingerprint density at radius 3 is 2.60 bits per heavy atom. The van der Waals surface area contributed by atoms with Gasteiger partial charge in [0.2, 0.25) is 0 Å². The van der Waals surface area contributed by atoms with E-state index in [1.54, 1.807) is 35.9 Å². The number of nitrogens with one attached hydrogen (secondary N) is 1. The summed E-state index contributed by atoms with van der Waals surface area (Å²) >= 11 is 12.6. The van der Waals surface area contributed by atoms with Crippen LogP contribution < -0.4 is 5.56 Å². The highest BCUT2D eigenvalue weighted by molar-refractivity contribution is 6.32. The van der Waals surface area contributed by atoms with Gasteiger partial charge in [0.25, 0.3) is 5.56 Å². The molecule has 2 aromatic heterocycles. The number of benzene rings is 2. The van der Waals surface area contributed by atoms with Crippen LogP contribution in [0.5, 0.6) is 0 Å². The molecule has 0 atom stereocenters. The minimum Gasteiger partial charge on any atom is -0.305 e. The van der Waals surface area contributed by atoms with E-state index in [2.05, 4.69) is 21.1 Å². The van der Waals surface area contributed by atoms with Crippen LogP contribution in [0.15, 0.2) is 47.3 Å². The number of aromatic amines is 1. The highest BCUT2D eigenvalue weighted by Crippen LogP contribution is 2.27. The van der Waals surface area contributed by atoms with Crippen molar-refractivity contribution in [1.29, 1.82) is 5.26 Å². The fraction of sp³-hybridized carbons (Fsp3) is 0.0909. The predicted molar refractivity (Wildman–Crippen MR) is 119 cm³/mol. The van der Waals surface area contributed by atoms with Gasteiger partial charge in [-0.05, 0) is 50.3 Å². The van der Waals surface area contributed by atoms with Crippen LogP contribution in [0.25, 0.3) is 28.2 Å². The molecule has 0 saturated carbocycles. The molecule has 0 aliphatic heterocycles. The van der Waals surface area contributed by atoms with Crippen molar-refractivity contribution >= 4 is 45.8 Å². The summed E-state index contributed by atoms with van der Waals surface area (Å²) in [4.78, 5) is 19.5. The number of hydrogen-bond acceptors (Lipinski definition) is 4. The van der Waals surface area contributed by atoms with Crippen LogP contribution in [0, 0.1) is 25.2 Å². The average molecular weight is 436 g/mol. The summed E-state index contributed by atoms with van der Waals surface area (Å²) in [7, 11) is 0.